The number of sulfone groups is 1. The number of benzene rings is 1. The molecule has 1 amide bonds. The lowest BCUT2D eigenvalue weighted by molar-refractivity contribution is -0.133. The minimum atomic E-state index is -3.25. The van der Waals surface area contributed by atoms with Crippen LogP contribution in [0, 0.1) is 5.92 Å². The Balaban J connectivity index is 1.69. The van der Waals surface area contributed by atoms with Crippen molar-refractivity contribution < 1.29 is 17.6 Å². The molecule has 0 fully saturated rings. The molecular weight excluding hydrogens is 400 g/mol. The zero-order valence-electron chi connectivity index (χ0n) is 17.3. The van der Waals surface area contributed by atoms with Crippen LogP contribution in [0.1, 0.15) is 25.8 Å². The van der Waals surface area contributed by atoms with Crippen LogP contribution in [0.3, 0.4) is 0 Å². The summed E-state index contributed by atoms with van der Waals surface area (Å²) in [6, 6.07) is 10.4. The van der Waals surface area contributed by atoms with Gasteiger partial charge in [0.2, 0.25) is 5.91 Å². The molecule has 0 aliphatic carbocycles. The molecule has 6 nitrogen and oxygen atoms in total. The van der Waals surface area contributed by atoms with E-state index in [1.807, 2.05) is 30.9 Å². The highest BCUT2D eigenvalue weighted by molar-refractivity contribution is 7.90. The molecular formula is C23H24N2O4S. The van der Waals surface area contributed by atoms with Crippen molar-refractivity contribution in [1.82, 2.24) is 9.88 Å². The van der Waals surface area contributed by atoms with Gasteiger partial charge in [0.05, 0.1) is 4.90 Å². The van der Waals surface area contributed by atoms with E-state index >= 15 is 0 Å². The Labute approximate surface area is 176 Å². The number of carbonyl (C=O) groups is 1. The second kappa shape index (κ2) is 7.72. The van der Waals surface area contributed by atoms with Crippen LogP contribution in [0.25, 0.3) is 28.0 Å². The van der Waals surface area contributed by atoms with Crippen molar-refractivity contribution in [2.45, 2.75) is 25.2 Å². The second-order valence-electron chi connectivity index (χ2n) is 7.91. The lowest BCUT2D eigenvalue weighted by Gasteiger charge is -2.29. The molecule has 1 aliphatic heterocycles. The topological polar surface area (TPSA) is 80.5 Å². The first-order valence-electron chi connectivity index (χ1n) is 9.91. The van der Waals surface area contributed by atoms with Gasteiger partial charge in [0.1, 0.15) is 11.3 Å². The molecule has 0 saturated heterocycles. The zero-order chi connectivity index (χ0) is 21.5. The maximum absolute atomic E-state index is 12.4. The minimum Gasteiger partial charge on any atom is -0.454 e. The van der Waals surface area contributed by atoms with Crippen LogP contribution in [-0.2, 0) is 14.6 Å². The second-order valence-corrected chi connectivity index (χ2v) is 9.93. The van der Waals surface area contributed by atoms with E-state index in [0.29, 0.717) is 17.9 Å². The van der Waals surface area contributed by atoms with E-state index in [0.717, 1.165) is 35.2 Å². The summed E-state index contributed by atoms with van der Waals surface area (Å²) in [6.45, 7) is 5.11. The van der Waals surface area contributed by atoms with Gasteiger partial charge in [0, 0.05) is 48.7 Å². The van der Waals surface area contributed by atoms with Crippen molar-refractivity contribution >= 4 is 32.4 Å². The first kappa shape index (κ1) is 20.3. The molecule has 0 spiro atoms. The van der Waals surface area contributed by atoms with Crippen molar-refractivity contribution in [2.24, 2.45) is 5.92 Å². The van der Waals surface area contributed by atoms with Crippen LogP contribution >= 0.6 is 0 Å². The summed E-state index contributed by atoms with van der Waals surface area (Å²) in [5.74, 6) is 0.737. The smallest absolute Gasteiger partial charge is 0.225 e. The van der Waals surface area contributed by atoms with Gasteiger partial charge >= 0.3 is 0 Å². The van der Waals surface area contributed by atoms with Gasteiger partial charge in [-0.25, -0.2) is 8.42 Å². The van der Waals surface area contributed by atoms with Gasteiger partial charge in [0.25, 0.3) is 0 Å². The first-order valence-corrected chi connectivity index (χ1v) is 11.8. The molecule has 30 heavy (non-hydrogen) atoms. The SMILES string of the molecule is CC(C)C(=O)N1CCC=C(c2ccnc3cc(-c4ccc(S(C)(=O)=O)cc4)oc23)C1. The molecule has 0 unspecified atom stereocenters. The fourth-order valence-electron chi connectivity index (χ4n) is 3.69. The molecule has 0 saturated carbocycles. The maximum atomic E-state index is 12.4. The molecule has 0 bridgehead atoms. The highest BCUT2D eigenvalue weighted by Crippen LogP contribution is 2.33. The van der Waals surface area contributed by atoms with Crippen LogP contribution in [0.5, 0.6) is 0 Å². The Morgan fingerprint density at radius 3 is 2.57 bits per heavy atom. The van der Waals surface area contributed by atoms with Gasteiger partial charge in [-0.15, -0.1) is 0 Å². The van der Waals surface area contributed by atoms with E-state index in [1.165, 1.54) is 6.26 Å². The van der Waals surface area contributed by atoms with E-state index in [-0.39, 0.29) is 16.7 Å². The van der Waals surface area contributed by atoms with E-state index in [2.05, 4.69) is 11.1 Å². The Hall–Kier alpha value is -2.93. The number of hydrogen-bond acceptors (Lipinski definition) is 5. The highest BCUT2D eigenvalue weighted by atomic mass is 32.2. The van der Waals surface area contributed by atoms with Gasteiger partial charge in [-0.3, -0.25) is 9.78 Å². The van der Waals surface area contributed by atoms with Crippen molar-refractivity contribution in [2.75, 3.05) is 19.3 Å². The lowest BCUT2D eigenvalue weighted by Crippen LogP contribution is -2.38. The van der Waals surface area contributed by atoms with Gasteiger partial charge in [-0.1, -0.05) is 19.9 Å². The fourth-order valence-corrected chi connectivity index (χ4v) is 4.32. The van der Waals surface area contributed by atoms with Crippen molar-refractivity contribution in [3.63, 3.8) is 0 Å². The number of fused-ring (bicyclic) bond motifs is 1. The number of nitrogens with zero attached hydrogens (tertiary/aromatic N) is 2. The summed E-state index contributed by atoms with van der Waals surface area (Å²) >= 11 is 0. The molecule has 0 N–H and O–H groups in total. The number of pyridine rings is 1. The molecule has 1 aliphatic rings. The van der Waals surface area contributed by atoms with Crippen LogP contribution in [-0.4, -0.2) is 43.6 Å². The molecule has 3 heterocycles. The lowest BCUT2D eigenvalue weighted by atomic mass is 10.00. The molecule has 2 aromatic heterocycles. The van der Waals surface area contributed by atoms with Crippen LogP contribution in [0.15, 0.2) is 58.0 Å². The summed E-state index contributed by atoms with van der Waals surface area (Å²) in [7, 11) is -3.25. The average Bonchev–Trinajstić information content (AvgIpc) is 3.17. The van der Waals surface area contributed by atoms with Gasteiger partial charge < -0.3 is 9.32 Å². The van der Waals surface area contributed by atoms with Crippen molar-refractivity contribution in [3.05, 3.63) is 54.2 Å². The highest BCUT2D eigenvalue weighted by Gasteiger charge is 2.23. The summed E-state index contributed by atoms with van der Waals surface area (Å²) in [5, 5.41) is 0. The predicted octanol–water partition coefficient (Wildman–Crippen LogP) is 4.17. The predicted molar refractivity (Wildman–Crippen MR) is 117 cm³/mol. The molecule has 156 valence electrons. The Morgan fingerprint density at radius 1 is 1.17 bits per heavy atom. The van der Waals surface area contributed by atoms with E-state index in [1.54, 1.807) is 30.5 Å². The molecule has 0 radical (unpaired) electrons. The zero-order valence-corrected chi connectivity index (χ0v) is 18.1. The molecule has 1 aromatic carbocycles. The van der Waals surface area contributed by atoms with Gasteiger partial charge in [-0.05, 0) is 42.3 Å². The first-order chi connectivity index (χ1) is 14.2. The fraction of sp³-hybridized carbons (Fsp3) is 0.304. The third-order valence-corrected chi connectivity index (χ3v) is 6.41. The van der Waals surface area contributed by atoms with Crippen LogP contribution in [0.4, 0.5) is 0 Å². The minimum absolute atomic E-state index is 0.0352. The number of hydrogen-bond donors (Lipinski definition) is 0. The number of furan rings is 1. The quantitative estimate of drug-likeness (QED) is 0.628. The Bertz CT molecular complexity index is 1240. The van der Waals surface area contributed by atoms with Crippen LogP contribution < -0.4 is 0 Å². The number of amides is 1. The molecule has 0 atom stereocenters. The average molecular weight is 425 g/mol. The van der Waals surface area contributed by atoms with Crippen molar-refractivity contribution in [3.8, 4) is 11.3 Å². The normalized spacial score (nSPS) is 14.9. The van der Waals surface area contributed by atoms with E-state index in [9.17, 15) is 13.2 Å². The maximum Gasteiger partial charge on any atom is 0.225 e. The van der Waals surface area contributed by atoms with E-state index in [4.69, 9.17) is 4.42 Å². The van der Waals surface area contributed by atoms with Crippen molar-refractivity contribution in [1.29, 1.82) is 0 Å². The summed E-state index contributed by atoms with van der Waals surface area (Å²) < 4.78 is 29.5. The molecule has 7 heteroatoms. The molecule has 3 aromatic rings. The van der Waals surface area contributed by atoms with Gasteiger partial charge in [-0.2, -0.15) is 0 Å². The van der Waals surface area contributed by atoms with Crippen LogP contribution in [0.2, 0.25) is 0 Å². The summed E-state index contributed by atoms with van der Waals surface area (Å²) in [4.78, 5) is 19.0. The number of rotatable bonds is 4. The third kappa shape index (κ3) is 3.89. The Kier molecular flexibility index (Phi) is 5.24. The largest absolute Gasteiger partial charge is 0.454 e. The number of carbonyl (C=O) groups excluding carboxylic acids is 1. The Morgan fingerprint density at radius 2 is 1.90 bits per heavy atom. The summed E-state index contributed by atoms with van der Waals surface area (Å²) in [5.41, 5.74) is 4.16. The summed E-state index contributed by atoms with van der Waals surface area (Å²) in [6.07, 6.45) is 5.89. The van der Waals surface area contributed by atoms with E-state index < -0.39 is 9.84 Å². The number of aromatic nitrogens is 1. The van der Waals surface area contributed by atoms with Gasteiger partial charge in [0.15, 0.2) is 15.4 Å². The standard InChI is InChI=1S/C23H24N2O4S/c1-15(2)23(26)25-12-4-5-17(14-25)19-10-11-24-20-13-21(29-22(19)20)16-6-8-18(9-7-16)30(3,27)28/h5-11,13,15H,4,12,14H2,1-3H3. The molecule has 4 rings (SSSR count). The monoisotopic (exact) mass is 424 g/mol. The third-order valence-electron chi connectivity index (χ3n) is 5.28.